The molecule has 0 spiro atoms. The van der Waals surface area contributed by atoms with Crippen LogP contribution in [0, 0.1) is 5.82 Å². The Morgan fingerprint density at radius 2 is 2.14 bits per heavy atom. The second-order valence-electron chi connectivity index (χ2n) is 6.99. The van der Waals surface area contributed by atoms with Crippen molar-refractivity contribution in [3.63, 3.8) is 0 Å². The van der Waals surface area contributed by atoms with Crippen LogP contribution in [-0.4, -0.2) is 63.0 Å². The summed E-state index contributed by atoms with van der Waals surface area (Å²) in [6, 6.07) is 4.46. The predicted octanol–water partition coefficient (Wildman–Crippen LogP) is 1.61. The van der Waals surface area contributed by atoms with E-state index in [0.29, 0.717) is 37.5 Å². The van der Waals surface area contributed by atoms with Crippen LogP contribution in [0.2, 0.25) is 0 Å². The Morgan fingerprint density at radius 3 is 2.83 bits per heavy atom. The van der Waals surface area contributed by atoms with Gasteiger partial charge in [0.1, 0.15) is 11.9 Å². The van der Waals surface area contributed by atoms with Crippen molar-refractivity contribution in [1.29, 1.82) is 0 Å². The first-order chi connectivity index (χ1) is 13.9. The summed E-state index contributed by atoms with van der Waals surface area (Å²) >= 11 is 0. The van der Waals surface area contributed by atoms with E-state index >= 15 is 0 Å². The molecule has 2 atom stereocenters. The van der Waals surface area contributed by atoms with Crippen molar-refractivity contribution in [2.24, 2.45) is 0 Å². The number of benzene rings is 1. The van der Waals surface area contributed by atoms with Crippen LogP contribution in [0.5, 0.6) is 0 Å². The van der Waals surface area contributed by atoms with Crippen LogP contribution in [0.15, 0.2) is 18.2 Å². The summed E-state index contributed by atoms with van der Waals surface area (Å²) in [5.41, 5.74) is 0.797. The SMILES string of the molecule is CCOC(=O)NC1CCN(c2ccc(N3CC(CNC(C)=O)OC3=O)cc2F)C1. The lowest BCUT2D eigenvalue weighted by molar-refractivity contribution is -0.119. The molecule has 3 rings (SSSR count). The standard InChI is InChI=1S/C19H25FN4O5/c1-3-28-18(26)22-13-6-7-23(10-13)17-5-4-14(8-16(17)20)24-11-15(29-19(24)27)9-21-12(2)25/h4-5,8,13,15H,3,6-7,9-11H2,1-2H3,(H,21,25)(H,22,26). The first-order valence-corrected chi connectivity index (χ1v) is 9.57. The molecule has 0 saturated carbocycles. The zero-order valence-electron chi connectivity index (χ0n) is 16.4. The van der Waals surface area contributed by atoms with Crippen molar-refractivity contribution >= 4 is 29.5 Å². The van der Waals surface area contributed by atoms with Gasteiger partial charge in [-0.05, 0) is 31.5 Å². The van der Waals surface area contributed by atoms with Crippen molar-refractivity contribution in [3.8, 4) is 0 Å². The number of amides is 3. The van der Waals surface area contributed by atoms with Gasteiger partial charge >= 0.3 is 12.2 Å². The highest BCUT2D eigenvalue weighted by Gasteiger charge is 2.33. The number of ether oxygens (including phenoxy) is 2. The van der Waals surface area contributed by atoms with E-state index in [-0.39, 0.29) is 25.0 Å². The Bertz CT molecular complexity index is 790. The van der Waals surface area contributed by atoms with Crippen LogP contribution in [0.4, 0.5) is 25.4 Å². The largest absolute Gasteiger partial charge is 0.450 e. The van der Waals surface area contributed by atoms with Gasteiger partial charge < -0.3 is 25.0 Å². The first-order valence-electron chi connectivity index (χ1n) is 9.57. The minimum absolute atomic E-state index is 0.115. The lowest BCUT2D eigenvalue weighted by Gasteiger charge is -2.21. The number of rotatable bonds is 6. The molecule has 2 saturated heterocycles. The van der Waals surface area contributed by atoms with Gasteiger partial charge in [0.2, 0.25) is 5.91 Å². The van der Waals surface area contributed by atoms with E-state index in [1.165, 1.54) is 17.9 Å². The third-order valence-corrected chi connectivity index (χ3v) is 4.82. The van der Waals surface area contributed by atoms with Crippen molar-refractivity contribution in [2.45, 2.75) is 32.4 Å². The molecule has 2 fully saturated rings. The number of carbonyl (C=O) groups is 3. The molecule has 1 aromatic rings. The molecule has 3 amide bonds. The number of anilines is 2. The summed E-state index contributed by atoms with van der Waals surface area (Å²) < 4.78 is 24.8. The number of cyclic esters (lactones) is 1. The maximum absolute atomic E-state index is 14.8. The number of halogens is 1. The molecule has 0 bridgehead atoms. The van der Waals surface area contributed by atoms with Crippen LogP contribution >= 0.6 is 0 Å². The first kappa shape index (κ1) is 20.7. The van der Waals surface area contributed by atoms with Gasteiger partial charge in [0.15, 0.2) is 0 Å². The average Bonchev–Trinajstić information content (AvgIpc) is 3.26. The molecular formula is C19H25FN4O5. The van der Waals surface area contributed by atoms with Gasteiger partial charge in [0, 0.05) is 20.0 Å². The molecular weight excluding hydrogens is 383 g/mol. The summed E-state index contributed by atoms with van der Waals surface area (Å²) in [5.74, 6) is -0.673. The summed E-state index contributed by atoms with van der Waals surface area (Å²) in [5, 5.41) is 5.36. The smallest absolute Gasteiger partial charge is 0.414 e. The van der Waals surface area contributed by atoms with Gasteiger partial charge in [-0.15, -0.1) is 0 Å². The molecule has 2 N–H and O–H groups in total. The lowest BCUT2D eigenvalue weighted by Crippen LogP contribution is -2.37. The Labute approximate surface area is 168 Å². The van der Waals surface area contributed by atoms with Crippen molar-refractivity contribution in [3.05, 3.63) is 24.0 Å². The van der Waals surface area contributed by atoms with Crippen molar-refractivity contribution in [1.82, 2.24) is 10.6 Å². The maximum Gasteiger partial charge on any atom is 0.414 e. The molecule has 0 aromatic heterocycles. The second kappa shape index (κ2) is 8.97. The number of hydrogen-bond donors (Lipinski definition) is 2. The van der Waals surface area contributed by atoms with E-state index in [1.807, 2.05) is 4.90 Å². The van der Waals surface area contributed by atoms with E-state index < -0.39 is 24.1 Å². The van der Waals surface area contributed by atoms with Crippen LogP contribution in [0.3, 0.4) is 0 Å². The molecule has 2 aliphatic heterocycles. The summed E-state index contributed by atoms with van der Waals surface area (Å²) in [4.78, 5) is 37.8. The van der Waals surface area contributed by atoms with Crippen LogP contribution in [0.25, 0.3) is 0 Å². The fourth-order valence-electron chi connectivity index (χ4n) is 3.45. The third kappa shape index (κ3) is 5.07. The van der Waals surface area contributed by atoms with Crippen LogP contribution in [-0.2, 0) is 14.3 Å². The Kier molecular flexibility index (Phi) is 6.40. The van der Waals surface area contributed by atoms with Crippen LogP contribution < -0.4 is 20.4 Å². The molecule has 2 aliphatic rings. The van der Waals surface area contributed by atoms with Gasteiger partial charge in [-0.1, -0.05) is 0 Å². The van der Waals surface area contributed by atoms with Crippen molar-refractivity contribution in [2.75, 3.05) is 42.6 Å². The quantitative estimate of drug-likeness (QED) is 0.742. The zero-order valence-corrected chi connectivity index (χ0v) is 16.4. The highest BCUT2D eigenvalue weighted by atomic mass is 19.1. The van der Waals surface area contributed by atoms with E-state index in [0.717, 1.165) is 0 Å². The third-order valence-electron chi connectivity index (χ3n) is 4.82. The highest BCUT2D eigenvalue weighted by Crippen LogP contribution is 2.29. The van der Waals surface area contributed by atoms with Gasteiger partial charge in [-0.25, -0.2) is 14.0 Å². The van der Waals surface area contributed by atoms with Crippen molar-refractivity contribution < 1.29 is 28.2 Å². The maximum atomic E-state index is 14.8. The van der Waals surface area contributed by atoms with Gasteiger partial charge in [0.05, 0.1) is 37.1 Å². The van der Waals surface area contributed by atoms with E-state index in [2.05, 4.69) is 10.6 Å². The topological polar surface area (TPSA) is 100 Å². The van der Waals surface area contributed by atoms with Crippen LogP contribution in [0.1, 0.15) is 20.3 Å². The average molecular weight is 408 g/mol. The van der Waals surface area contributed by atoms with Gasteiger partial charge in [0.25, 0.3) is 0 Å². The normalized spacial score (nSPS) is 21.1. The second-order valence-corrected chi connectivity index (χ2v) is 6.99. The Morgan fingerprint density at radius 1 is 1.34 bits per heavy atom. The lowest BCUT2D eigenvalue weighted by atomic mass is 10.2. The number of carbonyl (C=O) groups excluding carboxylic acids is 3. The number of alkyl carbamates (subject to hydrolysis) is 1. The van der Waals surface area contributed by atoms with E-state index in [9.17, 15) is 18.8 Å². The highest BCUT2D eigenvalue weighted by molar-refractivity contribution is 5.90. The monoisotopic (exact) mass is 408 g/mol. The Balaban J connectivity index is 1.61. The van der Waals surface area contributed by atoms with Gasteiger partial charge in [-0.3, -0.25) is 9.69 Å². The fraction of sp³-hybridized carbons (Fsp3) is 0.526. The minimum atomic E-state index is -0.577. The molecule has 0 radical (unpaired) electrons. The molecule has 2 unspecified atom stereocenters. The molecule has 2 heterocycles. The molecule has 9 nitrogen and oxygen atoms in total. The number of hydrogen-bond acceptors (Lipinski definition) is 6. The minimum Gasteiger partial charge on any atom is -0.450 e. The molecule has 0 aliphatic carbocycles. The van der Waals surface area contributed by atoms with E-state index in [1.54, 1.807) is 19.1 Å². The molecule has 29 heavy (non-hydrogen) atoms. The summed E-state index contributed by atoms with van der Waals surface area (Å²) in [6.07, 6.45) is -0.852. The molecule has 10 heteroatoms. The summed E-state index contributed by atoms with van der Waals surface area (Å²) in [6.45, 7) is 4.91. The Hall–Kier alpha value is -3.04. The van der Waals surface area contributed by atoms with E-state index in [4.69, 9.17) is 9.47 Å². The predicted molar refractivity (Wildman–Crippen MR) is 103 cm³/mol. The molecule has 1 aromatic carbocycles. The summed E-state index contributed by atoms with van der Waals surface area (Å²) in [7, 11) is 0. The zero-order chi connectivity index (χ0) is 21.0. The van der Waals surface area contributed by atoms with Gasteiger partial charge in [-0.2, -0.15) is 0 Å². The fourth-order valence-corrected chi connectivity index (χ4v) is 3.45. The number of nitrogens with zero attached hydrogens (tertiary/aromatic N) is 2. The molecule has 158 valence electrons. The number of nitrogens with one attached hydrogen (secondary N) is 2.